The number of anilines is 1. The molecular formula is C30H28F3N5OS. The molecule has 1 aromatic heterocycles. The van der Waals surface area contributed by atoms with Crippen LogP contribution in [0.4, 0.5) is 18.9 Å². The van der Waals surface area contributed by atoms with Crippen LogP contribution in [0.15, 0.2) is 85.3 Å². The van der Waals surface area contributed by atoms with Crippen molar-refractivity contribution < 1.29 is 17.9 Å². The predicted octanol–water partition coefficient (Wildman–Crippen LogP) is 6.30. The first-order chi connectivity index (χ1) is 19.2. The Morgan fingerprint density at radius 2 is 1.80 bits per heavy atom. The van der Waals surface area contributed by atoms with Gasteiger partial charge in [-0.3, -0.25) is 0 Å². The summed E-state index contributed by atoms with van der Waals surface area (Å²) < 4.78 is 49.3. The van der Waals surface area contributed by atoms with E-state index in [1.165, 1.54) is 12.1 Å². The monoisotopic (exact) mass is 563 g/mol. The quantitative estimate of drug-likeness (QED) is 0.216. The van der Waals surface area contributed by atoms with E-state index in [9.17, 15) is 13.2 Å². The van der Waals surface area contributed by atoms with E-state index in [0.717, 1.165) is 17.3 Å². The van der Waals surface area contributed by atoms with E-state index in [1.807, 2.05) is 21.6 Å². The van der Waals surface area contributed by atoms with E-state index >= 15 is 0 Å². The third-order valence-electron chi connectivity index (χ3n) is 6.61. The molecule has 1 atom stereocenters. The van der Waals surface area contributed by atoms with Crippen LogP contribution in [0.5, 0.6) is 5.75 Å². The van der Waals surface area contributed by atoms with Crippen molar-refractivity contribution in [3.63, 3.8) is 0 Å². The molecule has 0 aliphatic heterocycles. The van der Waals surface area contributed by atoms with E-state index in [-0.39, 0.29) is 10.6 Å². The molecule has 40 heavy (non-hydrogen) atoms. The van der Waals surface area contributed by atoms with Crippen molar-refractivity contribution in [3.05, 3.63) is 113 Å². The lowest BCUT2D eigenvalue weighted by atomic mass is 9.97. The number of rotatable bonds is 11. The highest BCUT2D eigenvalue weighted by Crippen LogP contribution is 2.38. The molecule has 4 rings (SSSR count). The van der Waals surface area contributed by atoms with Crippen LogP contribution in [-0.2, 0) is 19.1 Å². The second kappa shape index (κ2) is 12.7. The molecule has 0 radical (unpaired) electrons. The van der Waals surface area contributed by atoms with Gasteiger partial charge in [-0.05, 0) is 66.4 Å². The average Bonchev–Trinajstić information content (AvgIpc) is 3.39. The number of halogens is 3. The minimum atomic E-state index is -4.57. The van der Waals surface area contributed by atoms with Gasteiger partial charge in [-0.2, -0.15) is 18.4 Å². The van der Waals surface area contributed by atoms with Gasteiger partial charge in [-0.25, -0.2) is 4.98 Å². The highest BCUT2D eigenvalue weighted by molar-refractivity contribution is 7.80. The largest absolute Gasteiger partial charge is 0.497 e. The van der Waals surface area contributed by atoms with Crippen LogP contribution in [0.1, 0.15) is 40.4 Å². The van der Waals surface area contributed by atoms with Crippen molar-refractivity contribution in [2.24, 2.45) is 5.73 Å². The van der Waals surface area contributed by atoms with Crippen LogP contribution in [0.25, 0.3) is 0 Å². The molecule has 0 spiro atoms. The normalized spacial score (nSPS) is 12.0. The Morgan fingerprint density at radius 3 is 2.42 bits per heavy atom. The Morgan fingerprint density at radius 1 is 1.10 bits per heavy atom. The number of nitrogens with two attached hydrogens (primary N) is 1. The lowest BCUT2D eigenvalue weighted by Gasteiger charge is -2.35. The molecular weight excluding hydrogens is 535 g/mol. The first kappa shape index (κ1) is 28.6. The zero-order valence-corrected chi connectivity index (χ0v) is 22.6. The molecule has 6 nitrogen and oxygen atoms in total. The van der Waals surface area contributed by atoms with Gasteiger partial charge in [0.2, 0.25) is 0 Å². The summed E-state index contributed by atoms with van der Waals surface area (Å²) in [6, 6.07) is 20.9. The maximum absolute atomic E-state index is 14.0. The minimum absolute atomic E-state index is 0.00387. The van der Waals surface area contributed by atoms with Gasteiger partial charge in [0.05, 0.1) is 30.6 Å². The van der Waals surface area contributed by atoms with Gasteiger partial charge in [0.15, 0.2) is 0 Å². The molecule has 10 heteroatoms. The molecule has 3 aromatic carbocycles. The topological polar surface area (TPSA) is 80.1 Å². The fourth-order valence-corrected chi connectivity index (χ4v) is 4.91. The lowest BCUT2D eigenvalue weighted by molar-refractivity contribution is -0.138. The SMILES string of the molecule is COc1ccc(N(CCCc2cncn2Cc2ccc(C#N)cc2)C(C(N)=S)c2ccccc2C(F)(F)F)cc1. The van der Waals surface area contributed by atoms with Gasteiger partial charge in [-0.15, -0.1) is 0 Å². The van der Waals surface area contributed by atoms with Gasteiger partial charge in [0.25, 0.3) is 0 Å². The smallest absolute Gasteiger partial charge is 0.416 e. The lowest BCUT2D eigenvalue weighted by Crippen LogP contribution is -2.39. The van der Waals surface area contributed by atoms with Crippen molar-refractivity contribution in [3.8, 4) is 11.8 Å². The molecule has 0 fully saturated rings. The Balaban J connectivity index is 1.60. The van der Waals surface area contributed by atoms with Gasteiger partial charge in [0, 0.05) is 30.7 Å². The number of imidazole rings is 1. The van der Waals surface area contributed by atoms with Crippen LogP contribution in [0, 0.1) is 11.3 Å². The van der Waals surface area contributed by atoms with Crippen molar-refractivity contribution in [2.45, 2.75) is 31.6 Å². The summed E-state index contributed by atoms with van der Waals surface area (Å²) in [7, 11) is 1.55. The number of benzene rings is 3. The van der Waals surface area contributed by atoms with Crippen LogP contribution >= 0.6 is 12.2 Å². The summed E-state index contributed by atoms with van der Waals surface area (Å²) in [5.74, 6) is 0.623. The number of ether oxygens (including phenoxy) is 1. The van der Waals surface area contributed by atoms with Crippen molar-refractivity contribution in [1.82, 2.24) is 9.55 Å². The predicted molar refractivity (Wildman–Crippen MR) is 152 cm³/mol. The van der Waals surface area contributed by atoms with Gasteiger partial charge >= 0.3 is 6.18 Å². The molecule has 206 valence electrons. The Kier molecular flexibility index (Phi) is 9.07. The summed E-state index contributed by atoms with van der Waals surface area (Å²) in [6.07, 6.45) is 0.174. The van der Waals surface area contributed by atoms with E-state index < -0.39 is 17.8 Å². The van der Waals surface area contributed by atoms with E-state index in [4.69, 9.17) is 28.0 Å². The molecule has 0 bridgehead atoms. The van der Waals surface area contributed by atoms with E-state index in [0.29, 0.717) is 42.9 Å². The zero-order chi connectivity index (χ0) is 28.7. The van der Waals surface area contributed by atoms with E-state index in [2.05, 4.69) is 11.1 Å². The Hall–Kier alpha value is -4.36. The second-order valence-corrected chi connectivity index (χ2v) is 9.68. The Bertz CT molecular complexity index is 1480. The number of aryl methyl sites for hydroxylation is 1. The average molecular weight is 564 g/mol. The molecule has 0 saturated heterocycles. The first-order valence-electron chi connectivity index (χ1n) is 12.6. The van der Waals surface area contributed by atoms with Gasteiger partial charge < -0.3 is 19.9 Å². The Labute approximate surface area is 236 Å². The molecule has 0 amide bonds. The summed E-state index contributed by atoms with van der Waals surface area (Å²) in [6.45, 7) is 0.959. The molecule has 0 saturated carbocycles. The van der Waals surface area contributed by atoms with Crippen LogP contribution in [0.3, 0.4) is 0 Å². The summed E-state index contributed by atoms with van der Waals surface area (Å²) in [4.78, 5) is 6.05. The first-order valence-corrected chi connectivity index (χ1v) is 13.0. The van der Waals surface area contributed by atoms with Crippen molar-refractivity contribution in [2.75, 3.05) is 18.6 Å². The molecule has 1 heterocycles. The maximum Gasteiger partial charge on any atom is 0.416 e. The highest BCUT2D eigenvalue weighted by atomic mass is 32.1. The van der Waals surface area contributed by atoms with E-state index in [1.54, 1.807) is 62.1 Å². The standard InChI is InChI=1S/C30H28F3N5OS/c1-39-25-14-12-23(13-15-25)38(28(29(35)40)26-6-2-3-7-27(26)30(31,32)33)16-4-5-24-18-36-20-37(24)19-22-10-8-21(17-34)9-11-22/h2-3,6-15,18,20,28H,4-5,16,19H2,1H3,(H2,35,40). The fourth-order valence-electron chi connectivity index (χ4n) is 4.66. The molecule has 2 N–H and O–H groups in total. The number of aromatic nitrogens is 2. The third kappa shape index (κ3) is 6.79. The van der Waals surface area contributed by atoms with Gasteiger partial charge in [0.1, 0.15) is 16.8 Å². The van der Waals surface area contributed by atoms with Crippen molar-refractivity contribution in [1.29, 1.82) is 5.26 Å². The fraction of sp³-hybridized carbons (Fsp3) is 0.233. The number of hydrogen-bond acceptors (Lipinski definition) is 5. The molecule has 1 unspecified atom stereocenters. The second-order valence-electron chi connectivity index (χ2n) is 9.21. The molecule has 0 aliphatic rings. The van der Waals surface area contributed by atoms with Crippen LogP contribution < -0.4 is 15.4 Å². The summed E-state index contributed by atoms with van der Waals surface area (Å²) >= 11 is 5.36. The number of hydrogen-bond donors (Lipinski definition) is 1. The minimum Gasteiger partial charge on any atom is -0.497 e. The van der Waals surface area contributed by atoms with Gasteiger partial charge in [-0.1, -0.05) is 42.5 Å². The number of thiocarbonyl (C=S) groups is 1. The number of nitrogens with zero attached hydrogens (tertiary/aromatic N) is 4. The highest BCUT2D eigenvalue weighted by Gasteiger charge is 2.37. The zero-order valence-electron chi connectivity index (χ0n) is 21.8. The number of methoxy groups -OCH3 is 1. The number of alkyl halides is 3. The maximum atomic E-state index is 14.0. The molecule has 0 aliphatic carbocycles. The van der Waals surface area contributed by atoms with Crippen LogP contribution in [0.2, 0.25) is 0 Å². The summed E-state index contributed by atoms with van der Waals surface area (Å²) in [5, 5.41) is 9.03. The molecule has 4 aromatic rings. The van der Waals surface area contributed by atoms with Crippen molar-refractivity contribution >= 4 is 22.9 Å². The third-order valence-corrected chi connectivity index (χ3v) is 6.84. The summed E-state index contributed by atoms with van der Waals surface area (Å²) in [5.41, 5.74) is 8.62. The van der Waals surface area contributed by atoms with Crippen LogP contribution in [-0.4, -0.2) is 28.2 Å². The number of nitriles is 1.